The number of anilines is 1. The van der Waals surface area contributed by atoms with Crippen LogP contribution >= 0.6 is 0 Å². The third-order valence-electron chi connectivity index (χ3n) is 4.60. The normalized spacial score (nSPS) is 14.5. The molecule has 0 unspecified atom stereocenters. The molecule has 1 aliphatic rings. The number of benzene rings is 2. The van der Waals surface area contributed by atoms with Crippen LogP contribution in [0.1, 0.15) is 16.7 Å². The fraction of sp³-hybridized carbons (Fsp3) is 0.300. The molecule has 3 rings (SSSR count). The summed E-state index contributed by atoms with van der Waals surface area (Å²) < 4.78 is 18.9. The zero-order chi connectivity index (χ0) is 18.5. The Kier molecular flexibility index (Phi) is 5.36. The van der Waals surface area contributed by atoms with Gasteiger partial charge >= 0.3 is 0 Å². The van der Waals surface area contributed by atoms with Crippen LogP contribution in [0, 0.1) is 28.5 Å². The first-order chi connectivity index (χ1) is 12.7. The molecule has 0 aliphatic carbocycles. The van der Waals surface area contributed by atoms with Crippen LogP contribution in [0.2, 0.25) is 0 Å². The molecule has 1 heterocycles. The van der Waals surface area contributed by atoms with Crippen molar-refractivity contribution in [3.05, 3.63) is 58.9 Å². The van der Waals surface area contributed by atoms with Gasteiger partial charge in [-0.2, -0.15) is 10.5 Å². The predicted molar refractivity (Wildman–Crippen MR) is 96.3 cm³/mol. The molecule has 0 aromatic heterocycles. The monoisotopic (exact) mass is 350 g/mol. The van der Waals surface area contributed by atoms with Crippen molar-refractivity contribution in [1.29, 1.82) is 10.5 Å². The van der Waals surface area contributed by atoms with Crippen molar-refractivity contribution in [3.63, 3.8) is 0 Å². The lowest BCUT2D eigenvalue weighted by Crippen LogP contribution is -2.46. The molecule has 1 fully saturated rings. The second-order valence-corrected chi connectivity index (χ2v) is 6.14. The molecule has 2 aromatic carbocycles. The Morgan fingerprint density at radius 3 is 2.27 bits per heavy atom. The first kappa shape index (κ1) is 17.7. The van der Waals surface area contributed by atoms with Gasteiger partial charge in [0, 0.05) is 38.3 Å². The van der Waals surface area contributed by atoms with Gasteiger partial charge in [-0.3, -0.25) is 4.90 Å². The van der Waals surface area contributed by atoms with Crippen molar-refractivity contribution in [1.82, 2.24) is 4.90 Å². The highest BCUT2D eigenvalue weighted by molar-refractivity contribution is 5.68. The lowest BCUT2D eigenvalue weighted by atomic mass is 10.1. The first-order valence-corrected chi connectivity index (χ1v) is 8.39. The summed E-state index contributed by atoms with van der Waals surface area (Å²) >= 11 is 0. The molecule has 0 atom stereocenters. The molecular weight excluding hydrogens is 331 g/mol. The Balaban J connectivity index is 1.72. The number of nitriles is 2. The molecular formula is C20H19FN4O. The van der Waals surface area contributed by atoms with Crippen molar-refractivity contribution >= 4 is 5.69 Å². The van der Waals surface area contributed by atoms with Crippen molar-refractivity contribution in [3.8, 4) is 17.9 Å². The topological polar surface area (TPSA) is 63.3 Å². The highest BCUT2D eigenvalue weighted by Gasteiger charge is 2.22. The third-order valence-corrected chi connectivity index (χ3v) is 4.60. The fourth-order valence-corrected chi connectivity index (χ4v) is 3.31. The van der Waals surface area contributed by atoms with Gasteiger partial charge in [0.2, 0.25) is 0 Å². The standard InChI is InChI=1S/C20H19FN4O/c1-26-19-6-5-18(21)11-17(19)14-24-7-9-25(10-8-24)20-15(12-22)3-2-4-16(20)13-23/h2-6,11H,7-10,14H2,1H3. The quantitative estimate of drug-likeness (QED) is 0.848. The van der Waals surface area contributed by atoms with E-state index in [1.165, 1.54) is 12.1 Å². The van der Waals surface area contributed by atoms with Gasteiger partial charge in [-0.1, -0.05) is 6.07 Å². The molecule has 0 N–H and O–H groups in total. The van der Waals surface area contributed by atoms with E-state index < -0.39 is 0 Å². The Hall–Kier alpha value is -3.09. The SMILES string of the molecule is COc1ccc(F)cc1CN1CCN(c2c(C#N)cccc2C#N)CC1. The highest BCUT2D eigenvalue weighted by atomic mass is 19.1. The van der Waals surface area contributed by atoms with E-state index in [-0.39, 0.29) is 5.82 Å². The van der Waals surface area contributed by atoms with Crippen molar-refractivity contribution in [2.75, 3.05) is 38.2 Å². The van der Waals surface area contributed by atoms with Crippen LogP contribution in [0.25, 0.3) is 0 Å². The van der Waals surface area contributed by atoms with Gasteiger partial charge in [0.05, 0.1) is 23.9 Å². The van der Waals surface area contributed by atoms with Crippen LogP contribution in [-0.4, -0.2) is 38.2 Å². The minimum Gasteiger partial charge on any atom is -0.496 e. The van der Waals surface area contributed by atoms with E-state index in [2.05, 4.69) is 21.9 Å². The van der Waals surface area contributed by atoms with Crippen molar-refractivity contribution in [2.45, 2.75) is 6.54 Å². The Bertz CT molecular complexity index is 844. The van der Waals surface area contributed by atoms with E-state index in [0.29, 0.717) is 42.2 Å². The zero-order valence-corrected chi connectivity index (χ0v) is 14.6. The number of methoxy groups -OCH3 is 1. The number of ether oxygens (including phenoxy) is 1. The van der Waals surface area contributed by atoms with Crippen molar-refractivity contribution < 1.29 is 9.13 Å². The minimum atomic E-state index is -0.277. The van der Waals surface area contributed by atoms with Crippen LogP contribution in [0.15, 0.2) is 36.4 Å². The lowest BCUT2D eigenvalue weighted by Gasteiger charge is -2.37. The van der Waals surface area contributed by atoms with Crippen LogP contribution in [0.5, 0.6) is 5.75 Å². The molecule has 6 heteroatoms. The molecule has 2 aromatic rings. The average molecular weight is 350 g/mol. The smallest absolute Gasteiger partial charge is 0.123 e. The summed E-state index contributed by atoms with van der Waals surface area (Å²) in [5, 5.41) is 18.7. The second-order valence-electron chi connectivity index (χ2n) is 6.14. The van der Waals surface area contributed by atoms with Gasteiger partial charge in [0.1, 0.15) is 23.7 Å². The summed E-state index contributed by atoms with van der Waals surface area (Å²) in [4.78, 5) is 4.30. The Morgan fingerprint density at radius 1 is 1.04 bits per heavy atom. The maximum atomic E-state index is 13.5. The van der Waals surface area contributed by atoms with Gasteiger partial charge in [-0.05, 0) is 30.3 Å². The minimum absolute atomic E-state index is 0.277. The van der Waals surface area contributed by atoms with Gasteiger partial charge < -0.3 is 9.64 Å². The van der Waals surface area contributed by atoms with E-state index in [4.69, 9.17) is 4.74 Å². The fourth-order valence-electron chi connectivity index (χ4n) is 3.31. The summed E-state index contributed by atoms with van der Waals surface area (Å²) in [6, 6.07) is 14.1. The van der Waals surface area contributed by atoms with E-state index in [1.807, 2.05) is 0 Å². The summed E-state index contributed by atoms with van der Waals surface area (Å²) in [5.74, 6) is 0.400. The van der Waals surface area contributed by atoms with Gasteiger partial charge in [0.25, 0.3) is 0 Å². The van der Waals surface area contributed by atoms with Gasteiger partial charge in [0.15, 0.2) is 0 Å². The molecule has 0 amide bonds. The predicted octanol–water partition coefficient (Wildman–Crippen LogP) is 2.90. The number of para-hydroxylation sites is 1. The molecule has 1 aliphatic heterocycles. The average Bonchev–Trinajstić information content (AvgIpc) is 2.68. The molecule has 132 valence electrons. The molecule has 0 radical (unpaired) electrons. The van der Waals surface area contributed by atoms with Gasteiger partial charge in [-0.25, -0.2) is 4.39 Å². The maximum Gasteiger partial charge on any atom is 0.123 e. The number of hydrogen-bond acceptors (Lipinski definition) is 5. The largest absolute Gasteiger partial charge is 0.496 e. The molecule has 0 spiro atoms. The van der Waals surface area contributed by atoms with E-state index in [1.54, 1.807) is 31.4 Å². The summed E-state index contributed by atoms with van der Waals surface area (Å²) in [6.07, 6.45) is 0. The van der Waals surface area contributed by atoms with Crippen molar-refractivity contribution in [2.24, 2.45) is 0 Å². The van der Waals surface area contributed by atoms with Gasteiger partial charge in [-0.15, -0.1) is 0 Å². The molecule has 0 bridgehead atoms. The number of rotatable bonds is 4. The first-order valence-electron chi connectivity index (χ1n) is 8.39. The van der Waals surface area contributed by atoms with Crippen LogP contribution in [0.4, 0.5) is 10.1 Å². The van der Waals surface area contributed by atoms with E-state index in [0.717, 1.165) is 18.7 Å². The highest BCUT2D eigenvalue weighted by Crippen LogP contribution is 2.27. The molecule has 5 nitrogen and oxygen atoms in total. The molecule has 0 saturated carbocycles. The Labute approximate surface area is 152 Å². The molecule has 1 saturated heterocycles. The van der Waals surface area contributed by atoms with Crippen LogP contribution < -0.4 is 9.64 Å². The summed E-state index contributed by atoms with van der Waals surface area (Å²) in [6.45, 7) is 3.50. The maximum absolute atomic E-state index is 13.5. The zero-order valence-electron chi connectivity index (χ0n) is 14.6. The second kappa shape index (κ2) is 7.86. The molecule has 26 heavy (non-hydrogen) atoms. The van der Waals surface area contributed by atoms with Crippen LogP contribution in [-0.2, 0) is 6.54 Å². The third kappa shape index (κ3) is 3.61. The van der Waals surface area contributed by atoms with E-state index in [9.17, 15) is 14.9 Å². The number of nitrogens with zero attached hydrogens (tertiary/aromatic N) is 4. The Morgan fingerprint density at radius 2 is 1.69 bits per heavy atom. The van der Waals surface area contributed by atoms with E-state index >= 15 is 0 Å². The summed E-state index contributed by atoms with van der Waals surface area (Å²) in [7, 11) is 1.58. The summed E-state index contributed by atoms with van der Waals surface area (Å²) in [5.41, 5.74) is 2.56. The number of piperazine rings is 1. The number of halogens is 1. The van der Waals surface area contributed by atoms with Crippen LogP contribution in [0.3, 0.4) is 0 Å². The number of hydrogen-bond donors (Lipinski definition) is 0. The lowest BCUT2D eigenvalue weighted by molar-refractivity contribution is 0.245.